The number of amides is 3. The van der Waals surface area contributed by atoms with Gasteiger partial charge in [0.25, 0.3) is 0 Å². The summed E-state index contributed by atoms with van der Waals surface area (Å²) in [4.78, 5) is 30.3. The molecular weight excluding hydrogens is 490 g/mol. The normalized spacial score (nSPS) is 11.5. The zero-order valence-corrected chi connectivity index (χ0v) is 23.6. The van der Waals surface area contributed by atoms with Crippen molar-refractivity contribution in [3.63, 3.8) is 0 Å². The highest BCUT2D eigenvalue weighted by Crippen LogP contribution is 2.18. The highest BCUT2D eigenvalue weighted by Gasteiger charge is 2.25. The molecule has 1 unspecified atom stereocenters. The molecule has 1 N–H and O–H groups in total. The number of urea groups is 1. The Balaban J connectivity index is 1.77. The molecule has 3 amide bonds. The Morgan fingerprint density at radius 1 is 1.08 bits per heavy atom. The Bertz CT molecular complexity index is 1290. The van der Waals surface area contributed by atoms with Crippen LogP contribution in [-0.4, -0.2) is 52.5 Å². The van der Waals surface area contributed by atoms with Gasteiger partial charge in [-0.1, -0.05) is 39.0 Å². The van der Waals surface area contributed by atoms with E-state index in [9.17, 15) is 14.9 Å². The molecule has 8 heteroatoms. The summed E-state index contributed by atoms with van der Waals surface area (Å²) in [5.74, 6) is 0.867. The van der Waals surface area contributed by atoms with E-state index in [0.717, 1.165) is 23.4 Å². The molecule has 0 bridgehead atoms. The van der Waals surface area contributed by atoms with Crippen LogP contribution in [0.1, 0.15) is 50.9 Å². The van der Waals surface area contributed by atoms with Crippen molar-refractivity contribution in [3.8, 4) is 11.8 Å². The van der Waals surface area contributed by atoms with Gasteiger partial charge in [-0.05, 0) is 67.3 Å². The van der Waals surface area contributed by atoms with Gasteiger partial charge >= 0.3 is 6.03 Å². The molecule has 1 aromatic heterocycles. The van der Waals surface area contributed by atoms with Crippen LogP contribution in [-0.2, 0) is 17.9 Å². The number of carbonyl (C=O) groups is 2. The molecule has 0 saturated carbocycles. The second kappa shape index (κ2) is 14.1. The lowest BCUT2D eigenvalue weighted by Crippen LogP contribution is -2.48. The number of benzene rings is 2. The largest absolute Gasteiger partial charge is 0.497 e. The Morgan fingerprint density at radius 2 is 1.85 bits per heavy atom. The van der Waals surface area contributed by atoms with Gasteiger partial charge in [0, 0.05) is 36.7 Å². The van der Waals surface area contributed by atoms with E-state index in [-0.39, 0.29) is 30.4 Å². The highest BCUT2D eigenvalue weighted by atomic mass is 16.5. The molecule has 39 heavy (non-hydrogen) atoms. The lowest BCUT2D eigenvalue weighted by molar-refractivity contribution is -0.134. The van der Waals surface area contributed by atoms with Gasteiger partial charge < -0.3 is 24.4 Å². The summed E-state index contributed by atoms with van der Waals surface area (Å²) in [6.45, 7) is 9.60. The van der Waals surface area contributed by atoms with Crippen molar-refractivity contribution in [2.75, 3.05) is 25.5 Å². The van der Waals surface area contributed by atoms with E-state index < -0.39 is 0 Å². The van der Waals surface area contributed by atoms with Gasteiger partial charge in [0.15, 0.2) is 0 Å². The van der Waals surface area contributed by atoms with Crippen LogP contribution in [0.4, 0.5) is 10.5 Å². The van der Waals surface area contributed by atoms with Crippen LogP contribution in [0.3, 0.4) is 0 Å². The SMILES string of the molecule is CCC(C)N(Cc1cccn1Cc1cccc(OC)c1)C(=O)CN(CC(C)C)C(=O)Nc1cccc(C#N)c1. The summed E-state index contributed by atoms with van der Waals surface area (Å²) in [6.07, 6.45) is 2.81. The van der Waals surface area contributed by atoms with Gasteiger partial charge in [0.2, 0.25) is 5.91 Å². The summed E-state index contributed by atoms with van der Waals surface area (Å²) in [5, 5.41) is 12.0. The molecule has 0 saturated heterocycles. The third kappa shape index (κ3) is 8.37. The first-order chi connectivity index (χ1) is 18.7. The Kier molecular flexibility index (Phi) is 10.6. The molecule has 0 aliphatic carbocycles. The lowest BCUT2D eigenvalue weighted by atomic mass is 10.1. The third-order valence-corrected chi connectivity index (χ3v) is 6.63. The molecule has 0 spiro atoms. The Labute approximate surface area is 231 Å². The number of nitrogens with zero attached hydrogens (tertiary/aromatic N) is 4. The van der Waals surface area contributed by atoms with Gasteiger partial charge in [-0.15, -0.1) is 0 Å². The number of nitrogens with one attached hydrogen (secondary N) is 1. The number of nitriles is 1. The van der Waals surface area contributed by atoms with Crippen LogP contribution >= 0.6 is 0 Å². The molecule has 8 nitrogen and oxygen atoms in total. The molecule has 2 aromatic carbocycles. The van der Waals surface area contributed by atoms with Gasteiger partial charge in [0.05, 0.1) is 25.3 Å². The van der Waals surface area contributed by atoms with Crippen molar-refractivity contribution in [1.29, 1.82) is 5.26 Å². The number of aromatic nitrogens is 1. The maximum absolute atomic E-state index is 13.7. The number of carbonyl (C=O) groups excluding carboxylic acids is 2. The first-order valence-electron chi connectivity index (χ1n) is 13.4. The fourth-order valence-electron chi connectivity index (χ4n) is 4.38. The number of hydrogen-bond donors (Lipinski definition) is 1. The molecule has 3 aromatic rings. The van der Waals surface area contributed by atoms with E-state index in [0.29, 0.717) is 30.9 Å². The molecule has 1 atom stereocenters. The minimum absolute atomic E-state index is 0.00561. The van der Waals surface area contributed by atoms with E-state index in [1.54, 1.807) is 36.3 Å². The number of methoxy groups -OCH3 is 1. The van der Waals surface area contributed by atoms with Crippen molar-refractivity contribution < 1.29 is 14.3 Å². The van der Waals surface area contributed by atoms with Gasteiger partial charge in [-0.25, -0.2) is 4.79 Å². The van der Waals surface area contributed by atoms with Crippen LogP contribution < -0.4 is 10.1 Å². The van der Waals surface area contributed by atoms with E-state index in [2.05, 4.69) is 28.9 Å². The fraction of sp³-hybridized carbons (Fsp3) is 0.387. The molecule has 3 rings (SSSR count). The van der Waals surface area contributed by atoms with Gasteiger partial charge in [-0.3, -0.25) is 4.79 Å². The summed E-state index contributed by atoms with van der Waals surface area (Å²) in [6, 6.07) is 20.4. The standard InChI is InChI=1S/C31H39N5O3/c1-6-24(4)36(21-28-13-9-15-34(28)20-26-11-8-14-29(17-26)39-5)30(37)22-35(19-23(2)3)31(38)33-27-12-7-10-25(16-27)18-32/h7-17,23-24H,6,19-22H2,1-5H3,(H,33,38). The Hall–Kier alpha value is -4.25. The van der Waals surface area contributed by atoms with Crippen molar-refractivity contribution in [1.82, 2.24) is 14.4 Å². The summed E-state index contributed by atoms with van der Waals surface area (Å²) >= 11 is 0. The smallest absolute Gasteiger partial charge is 0.322 e. The molecule has 0 radical (unpaired) electrons. The molecule has 1 heterocycles. The van der Waals surface area contributed by atoms with Gasteiger partial charge in [-0.2, -0.15) is 5.26 Å². The number of hydrogen-bond acceptors (Lipinski definition) is 4. The predicted molar refractivity (Wildman–Crippen MR) is 153 cm³/mol. The first-order valence-corrected chi connectivity index (χ1v) is 13.4. The minimum atomic E-state index is -0.363. The lowest BCUT2D eigenvalue weighted by Gasteiger charge is -2.32. The summed E-state index contributed by atoms with van der Waals surface area (Å²) in [7, 11) is 1.65. The topological polar surface area (TPSA) is 90.6 Å². The average molecular weight is 530 g/mol. The second-order valence-electron chi connectivity index (χ2n) is 10.2. The quantitative estimate of drug-likeness (QED) is 0.324. The predicted octanol–water partition coefficient (Wildman–Crippen LogP) is 5.73. The highest BCUT2D eigenvalue weighted by molar-refractivity contribution is 5.92. The van der Waals surface area contributed by atoms with Crippen LogP contribution in [0.5, 0.6) is 5.75 Å². The van der Waals surface area contributed by atoms with E-state index in [4.69, 9.17) is 4.74 Å². The van der Waals surface area contributed by atoms with E-state index in [1.165, 1.54) is 0 Å². The molecule has 0 aliphatic rings. The van der Waals surface area contributed by atoms with E-state index in [1.807, 2.05) is 62.2 Å². The van der Waals surface area contributed by atoms with Crippen molar-refractivity contribution >= 4 is 17.6 Å². The van der Waals surface area contributed by atoms with Crippen molar-refractivity contribution in [3.05, 3.63) is 83.7 Å². The number of anilines is 1. The minimum Gasteiger partial charge on any atom is -0.497 e. The summed E-state index contributed by atoms with van der Waals surface area (Å²) < 4.78 is 7.50. The maximum Gasteiger partial charge on any atom is 0.322 e. The van der Waals surface area contributed by atoms with Crippen molar-refractivity contribution in [2.24, 2.45) is 5.92 Å². The zero-order valence-electron chi connectivity index (χ0n) is 23.6. The number of ether oxygens (including phenoxy) is 1. The van der Waals surface area contributed by atoms with Gasteiger partial charge in [0.1, 0.15) is 12.3 Å². The van der Waals surface area contributed by atoms with E-state index >= 15 is 0 Å². The fourth-order valence-corrected chi connectivity index (χ4v) is 4.38. The average Bonchev–Trinajstić information content (AvgIpc) is 3.37. The van der Waals surface area contributed by atoms with Crippen LogP contribution in [0, 0.1) is 17.2 Å². The van der Waals surface area contributed by atoms with Crippen LogP contribution in [0.25, 0.3) is 0 Å². The van der Waals surface area contributed by atoms with Crippen molar-refractivity contribution in [2.45, 2.75) is 53.2 Å². The number of rotatable bonds is 12. The van der Waals surface area contributed by atoms with Crippen LogP contribution in [0.2, 0.25) is 0 Å². The summed E-state index contributed by atoms with van der Waals surface area (Å²) in [5.41, 5.74) is 3.10. The third-order valence-electron chi connectivity index (χ3n) is 6.63. The molecular formula is C31H39N5O3. The molecule has 0 aliphatic heterocycles. The zero-order chi connectivity index (χ0) is 28.4. The molecule has 0 fully saturated rings. The Morgan fingerprint density at radius 3 is 2.54 bits per heavy atom. The van der Waals surface area contributed by atoms with Crippen LogP contribution in [0.15, 0.2) is 66.9 Å². The first kappa shape index (κ1) is 29.3. The molecule has 206 valence electrons. The maximum atomic E-state index is 13.7. The monoisotopic (exact) mass is 529 g/mol. The second-order valence-corrected chi connectivity index (χ2v) is 10.2.